The van der Waals surface area contributed by atoms with E-state index in [9.17, 15) is 10.2 Å². The summed E-state index contributed by atoms with van der Waals surface area (Å²) in [5.41, 5.74) is 1.57. The first-order chi connectivity index (χ1) is 8.95. The maximum atomic E-state index is 9.48. The van der Waals surface area contributed by atoms with Gasteiger partial charge in [0.1, 0.15) is 11.5 Å². The van der Waals surface area contributed by atoms with Gasteiger partial charge < -0.3 is 15.5 Å². The highest BCUT2D eigenvalue weighted by atomic mass is 79.9. The first kappa shape index (κ1) is 14.0. The Morgan fingerprint density at radius 1 is 1.11 bits per heavy atom. The first-order valence-corrected chi connectivity index (χ1v) is 6.87. The molecule has 2 rings (SSSR count). The van der Waals surface area contributed by atoms with Crippen LogP contribution in [0.2, 0.25) is 5.02 Å². The second-order valence-corrected chi connectivity index (χ2v) is 5.60. The molecule has 5 heteroatoms. The molecule has 100 valence electrons. The Balaban J connectivity index is 2.22. The van der Waals surface area contributed by atoms with Crippen molar-refractivity contribution in [1.29, 1.82) is 0 Å². The average Bonchev–Trinajstić information content (AvgIpc) is 2.31. The van der Waals surface area contributed by atoms with Crippen LogP contribution in [0.15, 0.2) is 40.9 Å². The van der Waals surface area contributed by atoms with Crippen molar-refractivity contribution >= 4 is 33.2 Å². The van der Waals surface area contributed by atoms with E-state index in [1.807, 2.05) is 19.1 Å². The van der Waals surface area contributed by atoms with Crippen LogP contribution in [-0.2, 0) is 0 Å². The number of phenols is 2. The van der Waals surface area contributed by atoms with Crippen LogP contribution >= 0.6 is 27.5 Å². The Hall–Kier alpha value is -1.39. The van der Waals surface area contributed by atoms with Gasteiger partial charge in [0.2, 0.25) is 0 Å². The molecule has 2 aromatic carbocycles. The van der Waals surface area contributed by atoms with Crippen LogP contribution in [0.1, 0.15) is 18.5 Å². The van der Waals surface area contributed by atoms with Gasteiger partial charge in [-0.3, -0.25) is 0 Å². The van der Waals surface area contributed by atoms with E-state index in [-0.39, 0.29) is 17.5 Å². The van der Waals surface area contributed by atoms with Crippen molar-refractivity contribution < 1.29 is 10.2 Å². The van der Waals surface area contributed by atoms with Gasteiger partial charge in [0.25, 0.3) is 0 Å². The lowest BCUT2D eigenvalue weighted by atomic mass is 10.1. The molecule has 0 saturated heterocycles. The van der Waals surface area contributed by atoms with Crippen LogP contribution < -0.4 is 5.32 Å². The summed E-state index contributed by atoms with van der Waals surface area (Å²) in [6.45, 7) is 1.92. The highest BCUT2D eigenvalue weighted by molar-refractivity contribution is 9.10. The van der Waals surface area contributed by atoms with E-state index in [4.69, 9.17) is 11.6 Å². The Morgan fingerprint density at radius 3 is 2.32 bits per heavy atom. The molecular formula is C14H13BrClNO2. The van der Waals surface area contributed by atoms with Crippen molar-refractivity contribution in [3.8, 4) is 11.5 Å². The van der Waals surface area contributed by atoms with Crippen LogP contribution in [-0.4, -0.2) is 10.2 Å². The second kappa shape index (κ2) is 5.72. The van der Waals surface area contributed by atoms with Gasteiger partial charge in [0, 0.05) is 16.6 Å². The van der Waals surface area contributed by atoms with E-state index >= 15 is 0 Å². The van der Waals surface area contributed by atoms with Crippen LogP contribution in [0.4, 0.5) is 5.69 Å². The zero-order chi connectivity index (χ0) is 14.0. The minimum atomic E-state index is -0.100. The van der Waals surface area contributed by atoms with E-state index < -0.39 is 0 Å². The number of rotatable bonds is 3. The summed E-state index contributed by atoms with van der Waals surface area (Å²) in [5.74, 6) is 0.0658. The maximum absolute atomic E-state index is 9.48. The van der Waals surface area contributed by atoms with Crippen LogP contribution in [0.3, 0.4) is 0 Å². The van der Waals surface area contributed by atoms with Crippen molar-refractivity contribution in [2.24, 2.45) is 0 Å². The normalized spacial score (nSPS) is 12.2. The monoisotopic (exact) mass is 341 g/mol. The number of hydrogen-bond donors (Lipinski definition) is 3. The predicted molar refractivity (Wildman–Crippen MR) is 81.0 cm³/mol. The fraction of sp³-hybridized carbons (Fsp3) is 0.143. The third-order valence-electron chi connectivity index (χ3n) is 2.73. The van der Waals surface area contributed by atoms with Gasteiger partial charge in [0.05, 0.1) is 10.7 Å². The molecule has 0 amide bonds. The minimum Gasteiger partial charge on any atom is -0.508 e. The Bertz CT molecular complexity index is 584. The standard InChI is InChI=1S/C14H13BrClNO2/c1-8(9-4-11(18)7-12(19)5-9)17-14-3-2-10(15)6-13(14)16/h2-8,17-19H,1H3. The molecule has 0 radical (unpaired) electrons. The Kier molecular flexibility index (Phi) is 4.22. The van der Waals surface area contributed by atoms with E-state index in [0.717, 1.165) is 15.7 Å². The molecule has 0 aliphatic rings. The molecule has 19 heavy (non-hydrogen) atoms. The lowest BCUT2D eigenvalue weighted by Gasteiger charge is -2.17. The minimum absolute atomic E-state index is 0.0329. The molecule has 2 aromatic rings. The molecule has 3 nitrogen and oxygen atoms in total. The quantitative estimate of drug-likeness (QED) is 0.758. The summed E-state index contributed by atoms with van der Waals surface area (Å²) in [6, 6.07) is 9.96. The van der Waals surface area contributed by atoms with Gasteiger partial charge in [-0.05, 0) is 42.8 Å². The average molecular weight is 343 g/mol. The van der Waals surface area contributed by atoms with Crippen LogP contribution in [0.25, 0.3) is 0 Å². The number of nitrogens with one attached hydrogen (secondary N) is 1. The van der Waals surface area contributed by atoms with Crippen LogP contribution in [0, 0.1) is 0 Å². The fourth-order valence-corrected chi connectivity index (χ4v) is 2.52. The Labute approximate surface area is 125 Å². The van der Waals surface area contributed by atoms with Gasteiger partial charge in [0.15, 0.2) is 0 Å². The highest BCUT2D eigenvalue weighted by Gasteiger charge is 2.10. The molecule has 1 atom stereocenters. The largest absolute Gasteiger partial charge is 0.508 e. The van der Waals surface area contributed by atoms with Gasteiger partial charge in [-0.15, -0.1) is 0 Å². The maximum Gasteiger partial charge on any atom is 0.119 e. The molecular weight excluding hydrogens is 330 g/mol. The number of aromatic hydroxyl groups is 2. The molecule has 1 unspecified atom stereocenters. The van der Waals surface area contributed by atoms with Crippen molar-refractivity contribution in [2.45, 2.75) is 13.0 Å². The summed E-state index contributed by atoms with van der Waals surface area (Å²) in [5, 5.41) is 22.8. The smallest absolute Gasteiger partial charge is 0.119 e. The number of anilines is 1. The topological polar surface area (TPSA) is 52.5 Å². The number of benzene rings is 2. The van der Waals surface area contributed by atoms with Crippen LogP contribution in [0.5, 0.6) is 11.5 Å². The summed E-state index contributed by atoms with van der Waals surface area (Å²) in [4.78, 5) is 0. The summed E-state index contributed by atoms with van der Waals surface area (Å²) in [6.07, 6.45) is 0. The SMILES string of the molecule is CC(Nc1ccc(Br)cc1Cl)c1cc(O)cc(O)c1. The molecule has 0 aliphatic carbocycles. The summed E-state index contributed by atoms with van der Waals surface area (Å²) >= 11 is 9.48. The molecule has 0 fully saturated rings. The zero-order valence-electron chi connectivity index (χ0n) is 10.2. The lowest BCUT2D eigenvalue weighted by Crippen LogP contribution is -2.06. The Morgan fingerprint density at radius 2 is 1.74 bits per heavy atom. The van der Waals surface area contributed by atoms with Crippen molar-refractivity contribution in [1.82, 2.24) is 0 Å². The number of phenolic OH excluding ortho intramolecular Hbond substituents is 2. The molecule has 3 N–H and O–H groups in total. The third kappa shape index (κ3) is 3.55. The van der Waals surface area contributed by atoms with Crippen molar-refractivity contribution in [3.05, 3.63) is 51.5 Å². The van der Waals surface area contributed by atoms with E-state index in [1.165, 1.54) is 6.07 Å². The van der Waals surface area contributed by atoms with Gasteiger partial charge in [-0.2, -0.15) is 0 Å². The summed E-state index contributed by atoms with van der Waals surface area (Å²) in [7, 11) is 0. The predicted octanol–water partition coefficient (Wildman–Crippen LogP) is 4.69. The molecule has 0 bridgehead atoms. The molecule has 0 aliphatic heterocycles. The summed E-state index contributed by atoms with van der Waals surface area (Å²) < 4.78 is 0.908. The lowest BCUT2D eigenvalue weighted by molar-refractivity contribution is 0.448. The fourth-order valence-electron chi connectivity index (χ4n) is 1.79. The van der Waals surface area contributed by atoms with E-state index in [2.05, 4.69) is 21.2 Å². The van der Waals surface area contributed by atoms with Gasteiger partial charge in [-0.25, -0.2) is 0 Å². The second-order valence-electron chi connectivity index (χ2n) is 4.27. The first-order valence-electron chi connectivity index (χ1n) is 5.70. The van der Waals surface area contributed by atoms with Crippen molar-refractivity contribution in [2.75, 3.05) is 5.32 Å². The molecule has 0 saturated carbocycles. The van der Waals surface area contributed by atoms with Gasteiger partial charge in [-0.1, -0.05) is 27.5 Å². The van der Waals surface area contributed by atoms with E-state index in [0.29, 0.717) is 5.02 Å². The number of halogens is 2. The van der Waals surface area contributed by atoms with Crippen molar-refractivity contribution in [3.63, 3.8) is 0 Å². The number of hydrogen-bond acceptors (Lipinski definition) is 3. The van der Waals surface area contributed by atoms with Gasteiger partial charge >= 0.3 is 0 Å². The molecule has 0 spiro atoms. The van der Waals surface area contributed by atoms with E-state index in [1.54, 1.807) is 18.2 Å². The molecule has 0 heterocycles. The molecule has 0 aromatic heterocycles. The zero-order valence-corrected chi connectivity index (χ0v) is 12.5. The third-order valence-corrected chi connectivity index (χ3v) is 3.53. The highest BCUT2D eigenvalue weighted by Crippen LogP contribution is 2.31.